The van der Waals surface area contributed by atoms with E-state index >= 15 is 0 Å². The first kappa shape index (κ1) is 23.2. The number of para-hydroxylation sites is 4. The largest absolute Gasteiger partial charge is 0.488 e. The van der Waals surface area contributed by atoms with Crippen LogP contribution < -0.4 is 30.7 Å². The van der Waals surface area contributed by atoms with E-state index in [4.69, 9.17) is 33.9 Å². The Balaban J connectivity index is 1.87. The van der Waals surface area contributed by atoms with Gasteiger partial charge in [0.05, 0.1) is 11.4 Å². The van der Waals surface area contributed by atoms with Gasteiger partial charge in [-0.1, -0.05) is 36.4 Å². The number of benzene rings is 2. The first-order chi connectivity index (χ1) is 14.6. The molecule has 0 saturated carbocycles. The van der Waals surface area contributed by atoms with Gasteiger partial charge in [0.1, 0.15) is 24.7 Å². The molecule has 8 heteroatoms. The van der Waals surface area contributed by atoms with Crippen molar-refractivity contribution in [3.8, 4) is 11.5 Å². The van der Waals surface area contributed by atoms with Gasteiger partial charge in [-0.15, -0.1) is 13.2 Å². The Morgan fingerprint density at radius 3 is 1.53 bits per heavy atom. The summed E-state index contributed by atoms with van der Waals surface area (Å²) >= 11 is 10.5. The molecule has 6 nitrogen and oxygen atoms in total. The van der Waals surface area contributed by atoms with Crippen LogP contribution in [0.1, 0.15) is 0 Å². The van der Waals surface area contributed by atoms with Crippen LogP contribution in [0.5, 0.6) is 11.5 Å². The fourth-order valence-corrected chi connectivity index (χ4v) is 2.74. The van der Waals surface area contributed by atoms with Gasteiger partial charge in [-0.25, -0.2) is 0 Å². The lowest BCUT2D eigenvalue weighted by molar-refractivity contribution is 0.218. The highest BCUT2D eigenvalue weighted by Gasteiger charge is 2.07. The fourth-order valence-electron chi connectivity index (χ4n) is 2.36. The van der Waals surface area contributed by atoms with Crippen LogP contribution in [0.25, 0.3) is 0 Å². The molecule has 0 aliphatic carbocycles. The van der Waals surface area contributed by atoms with Crippen LogP contribution in [0.15, 0.2) is 73.8 Å². The molecular formula is C22H26N4O2S2. The van der Waals surface area contributed by atoms with Gasteiger partial charge in [0, 0.05) is 13.1 Å². The molecule has 158 valence electrons. The summed E-state index contributed by atoms with van der Waals surface area (Å²) in [6.07, 6.45) is 3.48. The average molecular weight is 443 g/mol. The van der Waals surface area contributed by atoms with Gasteiger partial charge in [-0.05, 0) is 48.7 Å². The number of thiocarbonyl (C=S) groups is 2. The molecule has 30 heavy (non-hydrogen) atoms. The summed E-state index contributed by atoms with van der Waals surface area (Å²) in [5.74, 6) is 1.37. The average Bonchev–Trinajstić information content (AvgIpc) is 2.76. The van der Waals surface area contributed by atoms with Crippen LogP contribution in [0.4, 0.5) is 11.4 Å². The van der Waals surface area contributed by atoms with E-state index in [1.165, 1.54) is 0 Å². The maximum absolute atomic E-state index is 5.87. The van der Waals surface area contributed by atoms with E-state index in [1.807, 2.05) is 48.5 Å². The topological polar surface area (TPSA) is 66.6 Å². The predicted molar refractivity (Wildman–Crippen MR) is 133 cm³/mol. The molecule has 2 rings (SSSR count). The van der Waals surface area contributed by atoms with E-state index < -0.39 is 0 Å². The van der Waals surface area contributed by atoms with Crippen LogP contribution in [0.3, 0.4) is 0 Å². The molecule has 4 N–H and O–H groups in total. The normalized spacial score (nSPS) is 9.73. The first-order valence-electron chi connectivity index (χ1n) is 9.39. The van der Waals surface area contributed by atoms with Crippen molar-refractivity contribution in [2.45, 2.75) is 0 Å². The van der Waals surface area contributed by atoms with E-state index in [1.54, 1.807) is 12.2 Å². The molecule has 0 amide bonds. The Bertz CT molecular complexity index is 802. The quantitative estimate of drug-likeness (QED) is 0.236. The zero-order valence-electron chi connectivity index (χ0n) is 16.6. The van der Waals surface area contributed by atoms with Crippen molar-refractivity contribution >= 4 is 46.0 Å². The maximum Gasteiger partial charge on any atom is 0.171 e. The second-order valence-corrected chi connectivity index (χ2v) is 6.75. The van der Waals surface area contributed by atoms with E-state index in [-0.39, 0.29) is 0 Å². The van der Waals surface area contributed by atoms with Crippen LogP contribution in [0.2, 0.25) is 0 Å². The van der Waals surface area contributed by atoms with Crippen LogP contribution >= 0.6 is 24.4 Å². The van der Waals surface area contributed by atoms with Gasteiger partial charge < -0.3 is 30.7 Å². The van der Waals surface area contributed by atoms with Crippen molar-refractivity contribution in [1.29, 1.82) is 0 Å². The number of rotatable bonds is 11. The molecule has 0 aromatic heterocycles. The number of nitrogens with one attached hydrogen (secondary N) is 4. The number of hydrogen-bond donors (Lipinski definition) is 4. The summed E-state index contributed by atoms with van der Waals surface area (Å²) in [7, 11) is 0. The van der Waals surface area contributed by atoms with Gasteiger partial charge in [0.25, 0.3) is 0 Å². The molecular weight excluding hydrogens is 416 g/mol. The molecule has 0 spiro atoms. The summed E-state index contributed by atoms with van der Waals surface area (Å²) in [6, 6.07) is 15.2. The highest BCUT2D eigenvalue weighted by molar-refractivity contribution is 7.80. The SMILES string of the molecule is C=CCNC(=S)Nc1ccccc1OCCOc1ccccc1NC(=S)NCC=C. The minimum absolute atomic E-state index is 0.360. The van der Waals surface area contributed by atoms with E-state index in [9.17, 15) is 0 Å². The molecule has 0 unspecified atom stereocenters. The maximum atomic E-state index is 5.87. The summed E-state index contributed by atoms with van der Waals surface area (Å²) in [5.41, 5.74) is 1.56. The van der Waals surface area contributed by atoms with Crippen LogP contribution in [0, 0.1) is 0 Å². The molecule has 2 aromatic carbocycles. The van der Waals surface area contributed by atoms with Crippen molar-refractivity contribution in [2.24, 2.45) is 0 Å². The molecule has 0 fully saturated rings. The first-order valence-corrected chi connectivity index (χ1v) is 10.2. The van der Waals surface area contributed by atoms with Crippen LogP contribution in [-0.4, -0.2) is 36.5 Å². The number of anilines is 2. The molecule has 0 aliphatic rings. The highest BCUT2D eigenvalue weighted by Crippen LogP contribution is 2.25. The lowest BCUT2D eigenvalue weighted by Gasteiger charge is -2.16. The van der Waals surface area contributed by atoms with E-state index in [0.717, 1.165) is 11.4 Å². The van der Waals surface area contributed by atoms with Crippen molar-refractivity contribution in [1.82, 2.24) is 10.6 Å². The minimum atomic E-state index is 0.360. The summed E-state index contributed by atoms with van der Waals surface area (Å²) < 4.78 is 11.7. The summed E-state index contributed by atoms with van der Waals surface area (Å²) in [4.78, 5) is 0. The molecule has 0 bridgehead atoms. The number of ether oxygens (including phenoxy) is 2. The third-order valence-corrected chi connectivity index (χ3v) is 4.18. The smallest absolute Gasteiger partial charge is 0.171 e. The van der Waals surface area contributed by atoms with Crippen LogP contribution in [-0.2, 0) is 0 Å². The molecule has 0 aliphatic heterocycles. The molecule has 0 heterocycles. The predicted octanol–water partition coefficient (Wildman–Crippen LogP) is 4.09. The van der Waals surface area contributed by atoms with Gasteiger partial charge in [0.2, 0.25) is 0 Å². The third kappa shape index (κ3) is 8.10. The van der Waals surface area contributed by atoms with E-state index in [2.05, 4.69) is 34.4 Å². The summed E-state index contributed by atoms with van der Waals surface area (Å²) in [5, 5.41) is 13.3. The zero-order valence-corrected chi connectivity index (χ0v) is 18.3. The molecule has 0 radical (unpaired) electrons. The molecule has 2 aromatic rings. The fraction of sp³-hybridized carbons (Fsp3) is 0.182. The monoisotopic (exact) mass is 442 g/mol. The van der Waals surface area contributed by atoms with Gasteiger partial charge in [-0.2, -0.15) is 0 Å². The van der Waals surface area contributed by atoms with Crippen molar-refractivity contribution in [2.75, 3.05) is 36.9 Å². The highest BCUT2D eigenvalue weighted by atomic mass is 32.1. The second kappa shape index (κ2) is 13.2. The van der Waals surface area contributed by atoms with Gasteiger partial charge in [-0.3, -0.25) is 0 Å². The lowest BCUT2D eigenvalue weighted by Crippen LogP contribution is -2.28. The Morgan fingerprint density at radius 1 is 0.733 bits per heavy atom. The Labute approximate surface area is 188 Å². The number of hydrogen-bond acceptors (Lipinski definition) is 4. The Morgan fingerprint density at radius 2 is 1.13 bits per heavy atom. The van der Waals surface area contributed by atoms with Crippen molar-refractivity contribution in [3.05, 3.63) is 73.8 Å². The summed E-state index contributed by atoms with van der Waals surface area (Å²) in [6.45, 7) is 9.21. The third-order valence-electron chi connectivity index (χ3n) is 3.68. The standard InChI is InChI=1S/C22H26N4O2S2/c1-3-13-23-21(29)25-17-9-5-7-11-19(17)27-15-16-28-20-12-8-6-10-18(20)26-22(30)24-14-4-2/h3-12H,1-2,13-16H2,(H2,23,25,29)(H2,24,26,30). The minimum Gasteiger partial charge on any atom is -0.488 e. The van der Waals surface area contributed by atoms with Crippen molar-refractivity contribution in [3.63, 3.8) is 0 Å². The Kier molecular flexibility index (Phi) is 10.2. The Hall–Kier alpha value is -3.10. The zero-order chi connectivity index (χ0) is 21.6. The molecule has 0 atom stereocenters. The van der Waals surface area contributed by atoms with Gasteiger partial charge in [0.15, 0.2) is 10.2 Å². The molecule has 0 saturated heterocycles. The van der Waals surface area contributed by atoms with E-state index in [0.29, 0.717) is 48.0 Å². The second-order valence-electron chi connectivity index (χ2n) is 5.94. The van der Waals surface area contributed by atoms with Gasteiger partial charge >= 0.3 is 0 Å². The lowest BCUT2D eigenvalue weighted by atomic mass is 10.3. The van der Waals surface area contributed by atoms with Crippen molar-refractivity contribution < 1.29 is 9.47 Å².